The van der Waals surface area contributed by atoms with Gasteiger partial charge in [-0.2, -0.15) is 9.50 Å². The average Bonchev–Trinajstić information content (AvgIpc) is 2.85. The van der Waals surface area contributed by atoms with Crippen LogP contribution in [0, 0.1) is 6.92 Å². The van der Waals surface area contributed by atoms with Crippen molar-refractivity contribution >= 4 is 17.4 Å². The molecular weight excluding hydrogens is 274 g/mol. The number of phenolic OH excluding ortho intramolecular Hbond substituents is 1. The van der Waals surface area contributed by atoms with Crippen LogP contribution in [0.25, 0.3) is 5.78 Å². The Morgan fingerprint density at radius 3 is 2.62 bits per heavy atom. The SMILES string of the molecule is Cc1cc(O)n2nc(C(=O)Nc3ccc(O)cc3)nc2n1. The molecule has 3 N–H and O–H groups in total. The Kier molecular flexibility index (Phi) is 2.90. The van der Waals surface area contributed by atoms with Crippen LogP contribution < -0.4 is 5.32 Å². The van der Waals surface area contributed by atoms with E-state index in [4.69, 9.17) is 0 Å². The molecule has 21 heavy (non-hydrogen) atoms. The number of nitrogens with one attached hydrogen (secondary N) is 1. The van der Waals surface area contributed by atoms with Crippen LogP contribution >= 0.6 is 0 Å². The number of phenols is 1. The highest BCUT2D eigenvalue weighted by Crippen LogP contribution is 2.15. The summed E-state index contributed by atoms with van der Waals surface area (Å²) in [5.74, 6) is -0.555. The lowest BCUT2D eigenvalue weighted by Crippen LogP contribution is -2.13. The molecule has 8 heteroatoms. The third-order valence-electron chi connectivity index (χ3n) is 2.75. The van der Waals surface area contributed by atoms with Gasteiger partial charge in [0.25, 0.3) is 11.7 Å². The minimum Gasteiger partial charge on any atom is -0.508 e. The molecular formula is C13H11N5O3. The Morgan fingerprint density at radius 2 is 1.90 bits per heavy atom. The second-order valence-electron chi connectivity index (χ2n) is 4.40. The first-order valence-electron chi connectivity index (χ1n) is 6.07. The number of amides is 1. The number of hydrogen-bond donors (Lipinski definition) is 3. The van der Waals surface area contributed by atoms with E-state index in [9.17, 15) is 15.0 Å². The molecule has 0 bridgehead atoms. The first-order valence-corrected chi connectivity index (χ1v) is 6.07. The molecule has 0 unspecified atom stereocenters. The highest BCUT2D eigenvalue weighted by molar-refractivity contribution is 6.01. The molecule has 0 spiro atoms. The number of fused-ring (bicyclic) bond motifs is 1. The van der Waals surface area contributed by atoms with Crippen LogP contribution in [0.4, 0.5) is 5.69 Å². The van der Waals surface area contributed by atoms with E-state index in [0.29, 0.717) is 11.4 Å². The Hall–Kier alpha value is -3.16. The summed E-state index contributed by atoms with van der Waals surface area (Å²) in [5.41, 5.74) is 1.06. The predicted octanol–water partition coefficient (Wildman–Crippen LogP) is 1.10. The van der Waals surface area contributed by atoms with Crippen molar-refractivity contribution in [2.75, 3.05) is 5.32 Å². The zero-order valence-corrected chi connectivity index (χ0v) is 11.0. The van der Waals surface area contributed by atoms with Gasteiger partial charge in [0.05, 0.1) is 0 Å². The molecule has 106 valence electrons. The van der Waals surface area contributed by atoms with Gasteiger partial charge in [-0.1, -0.05) is 0 Å². The van der Waals surface area contributed by atoms with E-state index in [-0.39, 0.29) is 23.2 Å². The normalized spacial score (nSPS) is 10.7. The maximum absolute atomic E-state index is 12.0. The van der Waals surface area contributed by atoms with Crippen LogP contribution in [0.5, 0.6) is 11.6 Å². The third-order valence-corrected chi connectivity index (χ3v) is 2.75. The fourth-order valence-electron chi connectivity index (χ4n) is 1.80. The number of carbonyl (C=O) groups excluding carboxylic acids is 1. The molecule has 0 aliphatic heterocycles. The van der Waals surface area contributed by atoms with E-state index in [1.54, 1.807) is 19.1 Å². The van der Waals surface area contributed by atoms with Crippen molar-refractivity contribution in [2.45, 2.75) is 6.92 Å². The summed E-state index contributed by atoms with van der Waals surface area (Å²) >= 11 is 0. The van der Waals surface area contributed by atoms with Crippen LogP contribution in [0.3, 0.4) is 0 Å². The zero-order chi connectivity index (χ0) is 15.0. The minimum atomic E-state index is -0.539. The van der Waals surface area contributed by atoms with E-state index >= 15 is 0 Å². The number of benzene rings is 1. The number of aromatic nitrogens is 4. The van der Waals surface area contributed by atoms with Gasteiger partial charge in [-0.05, 0) is 31.2 Å². The summed E-state index contributed by atoms with van der Waals surface area (Å²) < 4.78 is 1.08. The van der Waals surface area contributed by atoms with Gasteiger partial charge >= 0.3 is 0 Å². The Labute approximate surface area is 118 Å². The molecule has 0 aliphatic carbocycles. The summed E-state index contributed by atoms with van der Waals surface area (Å²) in [6, 6.07) is 7.40. The van der Waals surface area contributed by atoms with Crippen LogP contribution in [0.1, 0.15) is 16.3 Å². The van der Waals surface area contributed by atoms with E-state index in [1.165, 1.54) is 18.2 Å². The molecule has 3 rings (SSSR count). The lowest BCUT2D eigenvalue weighted by molar-refractivity contribution is 0.101. The molecule has 1 amide bonds. The fraction of sp³-hybridized carbons (Fsp3) is 0.0769. The molecule has 0 radical (unpaired) electrons. The molecule has 0 saturated carbocycles. The molecule has 0 aliphatic rings. The smallest absolute Gasteiger partial charge is 0.295 e. The second kappa shape index (κ2) is 4.75. The number of anilines is 1. The standard InChI is InChI=1S/C13H11N5O3/c1-7-6-10(20)18-13(14-7)16-11(17-18)12(21)15-8-2-4-9(19)5-3-8/h2-6,19-20H,1H3,(H,15,21). The van der Waals surface area contributed by atoms with Crippen LogP contribution in [-0.4, -0.2) is 35.7 Å². The monoisotopic (exact) mass is 285 g/mol. The number of hydrogen-bond acceptors (Lipinski definition) is 6. The first kappa shape index (κ1) is 12.9. The van der Waals surface area contributed by atoms with Gasteiger partial charge in [0.15, 0.2) is 0 Å². The topological polar surface area (TPSA) is 113 Å². The van der Waals surface area contributed by atoms with Gasteiger partial charge in [0, 0.05) is 17.4 Å². The average molecular weight is 285 g/mol. The van der Waals surface area contributed by atoms with Crippen molar-refractivity contribution < 1.29 is 15.0 Å². The van der Waals surface area contributed by atoms with E-state index in [2.05, 4.69) is 20.4 Å². The quantitative estimate of drug-likeness (QED) is 0.608. The van der Waals surface area contributed by atoms with Crippen molar-refractivity contribution in [3.05, 3.63) is 41.9 Å². The summed E-state index contributed by atoms with van der Waals surface area (Å²) in [5, 5.41) is 25.4. The van der Waals surface area contributed by atoms with Gasteiger partial charge in [0.1, 0.15) is 5.75 Å². The van der Waals surface area contributed by atoms with E-state index in [1.807, 2.05) is 0 Å². The molecule has 2 aromatic heterocycles. The number of aromatic hydroxyl groups is 2. The van der Waals surface area contributed by atoms with Gasteiger partial charge in [-0.25, -0.2) is 4.98 Å². The molecule has 2 heterocycles. The number of carbonyl (C=O) groups is 1. The van der Waals surface area contributed by atoms with Gasteiger partial charge < -0.3 is 15.5 Å². The molecule has 0 saturated heterocycles. The highest BCUT2D eigenvalue weighted by Gasteiger charge is 2.15. The number of nitrogens with zero attached hydrogens (tertiary/aromatic N) is 4. The largest absolute Gasteiger partial charge is 0.508 e. The van der Waals surface area contributed by atoms with Crippen molar-refractivity contribution in [1.29, 1.82) is 0 Å². The van der Waals surface area contributed by atoms with Crippen molar-refractivity contribution in [1.82, 2.24) is 19.6 Å². The highest BCUT2D eigenvalue weighted by atomic mass is 16.3. The summed E-state index contributed by atoms with van der Waals surface area (Å²) in [7, 11) is 0. The Bertz CT molecular complexity index is 826. The first-order chi connectivity index (χ1) is 10.0. The predicted molar refractivity (Wildman–Crippen MR) is 73.2 cm³/mol. The summed E-state index contributed by atoms with van der Waals surface area (Å²) in [6.45, 7) is 1.70. The van der Waals surface area contributed by atoms with Gasteiger partial charge in [-0.3, -0.25) is 4.79 Å². The summed E-state index contributed by atoms with van der Waals surface area (Å²) in [4.78, 5) is 20.1. The maximum Gasteiger partial charge on any atom is 0.295 e. The third kappa shape index (κ3) is 2.46. The van der Waals surface area contributed by atoms with Gasteiger partial charge in [-0.15, -0.1) is 5.10 Å². The van der Waals surface area contributed by atoms with Gasteiger partial charge in [0.2, 0.25) is 11.7 Å². The fourth-order valence-corrected chi connectivity index (χ4v) is 1.80. The second-order valence-corrected chi connectivity index (χ2v) is 4.40. The molecule has 8 nitrogen and oxygen atoms in total. The Morgan fingerprint density at radius 1 is 1.19 bits per heavy atom. The van der Waals surface area contributed by atoms with E-state index < -0.39 is 5.91 Å². The molecule has 3 aromatic rings. The van der Waals surface area contributed by atoms with Crippen molar-refractivity contribution in [2.24, 2.45) is 0 Å². The van der Waals surface area contributed by atoms with E-state index in [0.717, 1.165) is 4.52 Å². The Balaban J connectivity index is 1.91. The van der Waals surface area contributed by atoms with Crippen molar-refractivity contribution in [3.63, 3.8) is 0 Å². The minimum absolute atomic E-state index is 0.100. The number of aryl methyl sites for hydroxylation is 1. The van der Waals surface area contributed by atoms with Crippen molar-refractivity contribution in [3.8, 4) is 11.6 Å². The molecule has 1 aromatic carbocycles. The lowest BCUT2D eigenvalue weighted by atomic mass is 10.3. The zero-order valence-electron chi connectivity index (χ0n) is 11.0. The van der Waals surface area contributed by atoms with Crippen LogP contribution in [0.2, 0.25) is 0 Å². The van der Waals surface area contributed by atoms with Crippen LogP contribution in [-0.2, 0) is 0 Å². The number of rotatable bonds is 2. The summed E-state index contributed by atoms with van der Waals surface area (Å²) in [6.07, 6.45) is 0. The maximum atomic E-state index is 12.0. The van der Waals surface area contributed by atoms with Crippen LogP contribution in [0.15, 0.2) is 30.3 Å². The lowest BCUT2D eigenvalue weighted by Gasteiger charge is -2.01. The molecule has 0 fully saturated rings. The molecule has 0 atom stereocenters.